The summed E-state index contributed by atoms with van der Waals surface area (Å²) in [6.45, 7) is 3.36. The van der Waals surface area contributed by atoms with E-state index in [0.717, 1.165) is 28.2 Å². The molecule has 0 unspecified atom stereocenters. The summed E-state index contributed by atoms with van der Waals surface area (Å²) in [5.74, 6) is -0.00845. The van der Waals surface area contributed by atoms with E-state index in [4.69, 9.17) is 0 Å². The molecule has 0 aliphatic heterocycles. The molecule has 2 aromatic carbocycles. The second kappa shape index (κ2) is 9.24. The van der Waals surface area contributed by atoms with Gasteiger partial charge in [0.1, 0.15) is 0 Å². The molecule has 0 spiro atoms. The van der Waals surface area contributed by atoms with Crippen LogP contribution in [0.25, 0.3) is 11.6 Å². The summed E-state index contributed by atoms with van der Waals surface area (Å²) < 4.78 is 0. The molecule has 1 aliphatic rings. The maximum Gasteiger partial charge on any atom is 0.187 e. The number of anilines is 2. The topological polar surface area (TPSA) is 58.2 Å². The predicted octanol–water partition coefficient (Wildman–Crippen LogP) is 4.64. The second-order valence-electron chi connectivity index (χ2n) is 6.13. The number of carbonyl (C=O) groups excluding carboxylic acids is 2. The van der Waals surface area contributed by atoms with Gasteiger partial charge >= 0.3 is 0 Å². The summed E-state index contributed by atoms with van der Waals surface area (Å²) in [6.07, 6.45) is 6.73. The van der Waals surface area contributed by atoms with Crippen molar-refractivity contribution in [1.29, 1.82) is 0 Å². The fraction of sp³-hybridized carbons (Fsp3) is 0.0909. The van der Waals surface area contributed by atoms with Gasteiger partial charge in [0, 0.05) is 48.3 Å². The zero-order chi connectivity index (χ0) is 18.5. The van der Waals surface area contributed by atoms with Gasteiger partial charge in [-0.05, 0) is 61.4 Å². The van der Waals surface area contributed by atoms with E-state index < -0.39 is 0 Å². The maximum atomic E-state index is 12.2. The molecule has 0 aromatic heterocycles. The van der Waals surface area contributed by atoms with E-state index in [0.29, 0.717) is 5.57 Å². The van der Waals surface area contributed by atoms with Crippen LogP contribution in [0.3, 0.4) is 0 Å². The molecular formula is C22H20N2O2Zn. The van der Waals surface area contributed by atoms with Crippen molar-refractivity contribution in [2.24, 2.45) is 0 Å². The summed E-state index contributed by atoms with van der Waals surface area (Å²) >= 11 is 0. The number of benzene rings is 2. The largest absolute Gasteiger partial charge is 0.361 e. The molecule has 1 aliphatic carbocycles. The van der Waals surface area contributed by atoms with Crippen molar-refractivity contribution >= 4 is 34.6 Å². The van der Waals surface area contributed by atoms with Crippen LogP contribution in [0.2, 0.25) is 0 Å². The van der Waals surface area contributed by atoms with E-state index >= 15 is 0 Å². The van der Waals surface area contributed by atoms with E-state index in [1.165, 1.54) is 6.92 Å². The summed E-state index contributed by atoms with van der Waals surface area (Å²) in [7, 11) is 0. The molecule has 27 heavy (non-hydrogen) atoms. The van der Waals surface area contributed by atoms with E-state index in [1.807, 2.05) is 61.5 Å². The van der Waals surface area contributed by atoms with Crippen LogP contribution in [-0.2, 0) is 29.1 Å². The minimum atomic E-state index is -0.0144. The fourth-order valence-corrected chi connectivity index (χ4v) is 2.80. The van der Waals surface area contributed by atoms with Gasteiger partial charge in [0.25, 0.3) is 0 Å². The predicted molar refractivity (Wildman–Crippen MR) is 107 cm³/mol. The quantitative estimate of drug-likeness (QED) is 0.558. The van der Waals surface area contributed by atoms with Gasteiger partial charge in [-0.15, -0.1) is 0 Å². The Balaban J connectivity index is 0.00000261. The van der Waals surface area contributed by atoms with E-state index in [2.05, 4.69) is 10.6 Å². The molecule has 0 radical (unpaired) electrons. The Labute approximate surface area is 171 Å². The number of nitrogens with one attached hydrogen (secondary N) is 2. The van der Waals surface area contributed by atoms with Crippen molar-refractivity contribution in [3.8, 4) is 0 Å². The molecular weight excluding hydrogens is 390 g/mol. The molecule has 4 nitrogen and oxygen atoms in total. The Kier molecular flexibility index (Phi) is 7.03. The molecule has 0 atom stereocenters. The Bertz CT molecular complexity index is 941. The summed E-state index contributed by atoms with van der Waals surface area (Å²) in [5, 5.41) is 6.34. The molecule has 0 saturated heterocycles. The maximum absolute atomic E-state index is 12.2. The first-order valence-electron chi connectivity index (χ1n) is 8.37. The Hall–Kier alpha value is -2.78. The zero-order valence-electron chi connectivity index (χ0n) is 15.5. The summed E-state index contributed by atoms with van der Waals surface area (Å²) in [6, 6.07) is 15.5. The summed E-state index contributed by atoms with van der Waals surface area (Å²) in [5.41, 5.74) is 5.15. The van der Waals surface area contributed by atoms with E-state index in [-0.39, 0.29) is 31.0 Å². The summed E-state index contributed by atoms with van der Waals surface area (Å²) in [4.78, 5) is 23.3. The monoisotopic (exact) mass is 408 g/mol. The van der Waals surface area contributed by atoms with Crippen molar-refractivity contribution in [2.75, 3.05) is 10.6 Å². The van der Waals surface area contributed by atoms with Crippen molar-refractivity contribution < 1.29 is 29.1 Å². The number of carbonyl (C=O) groups is 2. The van der Waals surface area contributed by atoms with Gasteiger partial charge in [-0.2, -0.15) is 0 Å². The average Bonchev–Trinajstić information content (AvgIpc) is 2.61. The minimum absolute atomic E-state index is 0. The van der Waals surface area contributed by atoms with E-state index in [1.54, 1.807) is 18.4 Å². The molecule has 0 heterocycles. The minimum Gasteiger partial charge on any atom is -0.361 e. The second-order valence-corrected chi connectivity index (χ2v) is 6.13. The molecule has 2 aromatic rings. The SMILES string of the molecule is CC(=O)/C=C(\C)Nc1ccc(N/C=C2\C(=O)C=Cc3ccccc32)cc1.[Zn]. The standard InChI is InChI=1S/C22H20N2O2.Zn/c1-15(13-16(2)25)24-19-10-8-18(9-11-19)23-14-21-20-6-4-3-5-17(20)7-12-22(21)26;/h3-14,23-24H,1-2H3;/b15-13+,21-14-;. The fourth-order valence-electron chi connectivity index (χ4n) is 2.80. The first kappa shape index (κ1) is 20.5. The Morgan fingerprint density at radius 3 is 2.30 bits per heavy atom. The van der Waals surface area contributed by atoms with Gasteiger partial charge in [0.2, 0.25) is 0 Å². The molecule has 0 fully saturated rings. The van der Waals surface area contributed by atoms with Crippen LogP contribution >= 0.6 is 0 Å². The number of fused-ring (bicyclic) bond motifs is 1. The number of allylic oxidation sites excluding steroid dienone is 4. The van der Waals surface area contributed by atoms with Gasteiger partial charge in [0.15, 0.2) is 11.6 Å². The molecule has 0 amide bonds. The molecule has 5 heteroatoms. The van der Waals surface area contributed by atoms with E-state index in [9.17, 15) is 9.59 Å². The van der Waals surface area contributed by atoms with Gasteiger partial charge in [0.05, 0.1) is 0 Å². The Morgan fingerprint density at radius 2 is 1.59 bits per heavy atom. The van der Waals surface area contributed by atoms with Crippen LogP contribution in [0.4, 0.5) is 11.4 Å². The molecule has 0 bridgehead atoms. The molecule has 0 saturated carbocycles. The van der Waals surface area contributed by atoms with Crippen molar-refractivity contribution in [3.63, 3.8) is 0 Å². The number of rotatable bonds is 5. The third kappa shape index (κ3) is 5.35. The normalized spacial score (nSPS) is 14.4. The zero-order valence-corrected chi connectivity index (χ0v) is 18.4. The molecule has 3 rings (SSSR count). The van der Waals surface area contributed by atoms with Crippen LogP contribution in [0.5, 0.6) is 0 Å². The number of ketones is 2. The number of hydrogen-bond donors (Lipinski definition) is 2. The van der Waals surface area contributed by atoms with Crippen molar-refractivity contribution in [3.05, 3.63) is 83.7 Å². The van der Waals surface area contributed by atoms with Crippen LogP contribution in [-0.4, -0.2) is 11.6 Å². The Morgan fingerprint density at radius 1 is 0.926 bits per heavy atom. The molecule has 2 N–H and O–H groups in total. The van der Waals surface area contributed by atoms with Crippen LogP contribution in [0, 0.1) is 0 Å². The number of hydrogen-bond acceptors (Lipinski definition) is 4. The first-order chi connectivity index (χ1) is 12.5. The van der Waals surface area contributed by atoms with Crippen molar-refractivity contribution in [2.45, 2.75) is 13.8 Å². The average molecular weight is 410 g/mol. The van der Waals surface area contributed by atoms with Gasteiger partial charge in [-0.3, -0.25) is 9.59 Å². The third-order valence-corrected chi connectivity index (χ3v) is 3.96. The third-order valence-electron chi connectivity index (χ3n) is 3.96. The van der Waals surface area contributed by atoms with Crippen LogP contribution < -0.4 is 10.6 Å². The first-order valence-corrected chi connectivity index (χ1v) is 8.37. The van der Waals surface area contributed by atoms with Crippen LogP contribution in [0.1, 0.15) is 25.0 Å². The molecule has 132 valence electrons. The van der Waals surface area contributed by atoms with Crippen molar-refractivity contribution in [1.82, 2.24) is 0 Å². The van der Waals surface area contributed by atoms with Gasteiger partial charge in [-0.1, -0.05) is 30.3 Å². The smallest absolute Gasteiger partial charge is 0.187 e. The van der Waals surface area contributed by atoms with Gasteiger partial charge < -0.3 is 10.6 Å². The van der Waals surface area contributed by atoms with Crippen LogP contribution in [0.15, 0.2) is 72.6 Å². The van der Waals surface area contributed by atoms with Gasteiger partial charge in [-0.25, -0.2) is 0 Å².